The maximum Gasteiger partial charge on any atom is 0.159 e. The summed E-state index contributed by atoms with van der Waals surface area (Å²) in [5.41, 5.74) is 1.29. The zero-order valence-corrected chi connectivity index (χ0v) is 11.0. The molecule has 0 bridgehead atoms. The van der Waals surface area contributed by atoms with E-state index < -0.39 is 11.6 Å². The molecule has 3 nitrogen and oxygen atoms in total. The molecule has 1 aromatic carbocycles. The van der Waals surface area contributed by atoms with Gasteiger partial charge in [0, 0.05) is 24.6 Å². The molecule has 0 aliphatic rings. The zero-order valence-electron chi connectivity index (χ0n) is 11.0. The van der Waals surface area contributed by atoms with Gasteiger partial charge in [0.05, 0.1) is 11.9 Å². The number of nitrogens with one attached hydrogen (secondary N) is 2. The van der Waals surface area contributed by atoms with E-state index in [1.807, 2.05) is 0 Å². The van der Waals surface area contributed by atoms with Gasteiger partial charge in [0.2, 0.25) is 0 Å². The quantitative estimate of drug-likeness (QED) is 0.872. The highest BCUT2D eigenvalue weighted by Gasteiger charge is 2.07. The minimum Gasteiger partial charge on any atom is -0.342 e. The smallest absolute Gasteiger partial charge is 0.159 e. The molecule has 0 aliphatic carbocycles. The molecule has 2 N–H and O–H groups in total. The van der Waals surface area contributed by atoms with Gasteiger partial charge >= 0.3 is 0 Å². The van der Waals surface area contributed by atoms with Crippen LogP contribution in [0.25, 0.3) is 11.3 Å². The lowest BCUT2D eigenvalue weighted by Crippen LogP contribution is -2.25. The Morgan fingerprint density at radius 2 is 2.05 bits per heavy atom. The number of nitrogens with zero attached hydrogens (tertiary/aromatic N) is 1. The van der Waals surface area contributed by atoms with Crippen LogP contribution in [0, 0.1) is 11.6 Å². The second-order valence-corrected chi connectivity index (χ2v) is 4.73. The number of benzene rings is 1. The van der Waals surface area contributed by atoms with Gasteiger partial charge in [0.1, 0.15) is 5.82 Å². The largest absolute Gasteiger partial charge is 0.342 e. The summed E-state index contributed by atoms with van der Waals surface area (Å²) < 4.78 is 26.0. The first-order valence-corrected chi connectivity index (χ1v) is 6.29. The van der Waals surface area contributed by atoms with Gasteiger partial charge in [0.25, 0.3) is 0 Å². The molecule has 1 aromatic heterocycles. The van der Waals surface area contributed by atoms with Crippen molar-refractivity contribution in [2.75, 3.05) is 6.54 Å². The molecule has 0 aliphatic heterocycles. The van der Waals surface area contributed by atoms with Gasteiger partial charge < -0.3 is 10.3 Å². The standard InChI is InChI=1S/C14H17F2N3/c1-9(2)17-6-5-14-18-8-13(19-14)10-3-4-11(15)12(16)7-10/h3-4,7-9,17H,5-6H2,1-2H3,(H,18,19). The van der Waals surface area contributed by atoms with E-state index in [1.165, 1.54) is 12.1 Å². The molecule has 0 unspecified atom stereocenters. The summed E-state index contributed by atoms with van der Waals surface area (Å²) in [5, 5.41) is 3.29. The molecule has 1 heterocycles. The Morgan fingerprint density at radius 1 is 1.26 bits per heavy atom. The monoisotopic (exact) mass is 265 g/mol. The molecule has 2 rings (SSSR count). The summed E-state index contributed by atoms with van der Waals surface area (Å²) in [4.78, 5) is 7.34. The molecule has 0 radical (unpaired) electrons. The van der Waals surface area contributed by atoms with E-state index in [0.717, 1.165) is 24.9 Å². The lowest BCUT2D eigenvalue weighted by molar-refractivity contribution is 0.509. The highest BCUT2D eigenvalue weighted by atomic mass is 19.2. The fourth-order valence-electron chi connectivity index (χ4n) is 1.78. The summed E-state index contributed by atoms with van der Waals surface area (Å²) in [6, 6.07) is 4.24. The van der Waals surface area contributed by atoms with Crippen LogP contribution >= 0.6 is 0 Å². The van der Waals surface area contributed by atoms with Crippen LogP contribution < -0.4 is 5.32 Å². The molecule has 102 valence electrons. The maximum atomic E-state index is 13.1. The number of H-pyrrole nitrogens is 1. The molecule has 0 fully saturated rings. The Balaban J connectivity index is 2.05. The van der Waals surface area contributed by atoms with Crippen molar-refractivity contribution in [1.29, 1.82) is 0 Å². The van der Waals surface area contributed by atoms with Crippen molar-refractivity contribution in [2.24, 2.45) is 0 Å². The second kappa shape index (κ2) is 5.93. The van der Waals surface area contributed by atoms with Crippen LogP contribution in [0.2, 0.25) is 0 Å². The summed E-state index contributed by atoms with van der Waals surface area (Å²) in [6.45, 7) is 4.98. The van der Waals surface area contributed by atoms with Gasteiger partial charge in [0.15, 0.2) is 11.6 Å². The highest BCUT2D eigenvalue weighted by molar-refractivity contribution is 5.58. The Bertz CT molecular complexity index is 549. The number of halogens is 2. The van der Waals surface area contributed by atoms with E-state index >= 15 is 0 Å². The average Bonchev–Trinajstić information content (AvgIpc) is 2.81. The molecular weight excluding hydrogens is 248 g/mol. The number of imidazole rings is 1. The Morgan fingerprint density at radius 3 is 2.74 bits per heavy atom. The predicted octanol–water partition coefficient (Wildman–Crippen LogP) is 2.90. The van der Waals surface area contributed by atoms with E-state index in [9.17, 15) is 8.78 Å². The number of hydrogen-bond donors (Lipinski definition) is 2. The van der Waals surface area contributed by atoms with Crippen molar-refractivity contribution >= 4 is 0 Å². The number of aromatic nitrogens is 2. The number of aromatic amines is 1. The molecular formula is C14H17F2N3. The lowest BCUT2D eigenvalue weighted by Gasteiger charge is -2.05. The van der Waals surface area contributed by atoms with Crippen LogP contribution in [0.5, 0.6) is 0 Å². The van der Waals surface area contributed by atoms with Gasteiger partial charge in [-0.3, -0.25) is 0 Å². The summed E-state index contributed by atoms with van der Waals surface area (Å²) >= 11 is 0. The third kappa shape index (κ3) is 3.61. The van der Waals surface area contributed by atoms with Crippen LogP contribution in [0.1, 0.15) is 19.7 Å². The highest BCUT2D eigenvalue weighted by Crippen LogP contribution is 2.19. The Hall–Kier alpha value is -1.75. The molecule has 19 heavy (non-hydrogen) atoms. The molecule has 0 atom stereocenters. The van der Waals surface area contributed by atoms with E-state index in [0.29, 0.717) is 17.3 Å². The van der Waals surface area contributed by atoms with Crippen molar-refractivity contribution < 1.29 is 8.78 Å². The van der Waals surface area contributed by atoms with E-state index in [1.54, 1.807) is 6.20 Å². The first-order chi connectivity index (χ1) is 9.06. The number of rotatable bonds is 5. The predicted molar refractivity (Wildman–Crippen MR) is 70.8 cm³/mol. The molecule has 5 heteroatoms. The van der Waals surface area contributed by atoms with Gasteiger partial charge in [-0.15, -0.1) is 0 Å². The van der Waals surface area contributed by atoms with Crippen LogP contribution in [0.4, 0.5) is 8.78 Å². The van der Waals surface area contributed by atoms with Crippen molar-refractivity contribution in [2.45, 2.75) is 26.3 Å². The first-order valence-electron chi connectivity index (χ1n) is 6.29. The summed E-state index contributed by atoms with van der Waals surface area (Å²) in [5.74, 6) is -0.868. The van der Waals surface area contributed by atoms with Crippen molar-refractivity contribution in [1.82, 2.24) is 15.3 Å². The van der Waals surface area contributed by atoms with E-state index in [2.05, 4.69) is 29.1 Å². The molecule has 0 saturated heterocycles. The molecule has 2 aromatic rings. The summed E-state index contributed by atoms with van der Waals surface area (Å²) in [7, 11) is 0. The number of hydrogen-bond acceptors (Lipinski definition) is 2. The average molecular weight is 265 g/mol. The van der Waals surface area contributed by atoms with Gasteiger partial charge in [-0.1, -0.05) is 13.8 Å². The molecule has 0 saturated carbocycles. The molecule has 0 spiro atoms. The van der Waals surface area contributed by atoms with Crippen LogP contribution in [-0.2, 0) is 6.42 Å². The van der Waals surface area contributed by atoms with Crippen LogP contribution in [0.15, 0.2) is 24.4 Å². The molecule has 0 amide bonds. The minimum atomic E-state index is -0.852. The van der Waals surface area contributed by atoms with Gasteiger partial charge in [-0.25, -0.2) is 13.8 Å². The Labute approximate surface area is 111 Å². The third-order valence-electron chi connectivity index (χ3n) is 2.77. The van der Waals surface area contributed by atoms with Gasteiger partial charge in [-0.05, 0) is 18.2 Å². The zero-order chi connectivity index (χ0) is 13.8. The van der Waals surface area contributed by atoms with E-state index in [4.69, 9.17) is 0 Å². The van der Waals surface area contributed by atoms with Crippen molar-refractivity contribution in [3.05, 3.63) is 41.9 Å². The fraction of sp³-hybridized carbons (Fsp3) is 0.357. The second-order valence-electron chi connectivity index (χ2n) is 4.73. The topological polar surface area (TPSA) is 40.7 Å². The van der Waals surface area contributed by atoms with Crippen LogP contribution in [0.3, 0.4) is 0 Å². The Kier molecular flexibility index (Phi) is 4.27. The normalized spacial score (nSPS) is 11.2. The SMILES string of the molecule is CC(C)NCCc1ncc(-c2ccc(F)c(F)c2)[nH]1. The van der Waals surface area contributed by atoms with E-state index in [-0.39, 0.29) is 0 Å². The van der Waals surface area contributed by atoms with Crippen molar-refractivity contribution in [3.8, 4) is 11.3 Å². The summed E-state index contributed by atoms with van der Waals surface area (Å²) in [6.07, 6.45) is 2.40. The van der Waals surface area contributed by atoms with Gasteiger partial charge in [-0.2, -0.15) is 0 Å². The first kappa shape index (κ1) is 13.7. The van der Waals surface area contributed by atoms with Crippen LogP contribution in [-0.4, -0.2) is 22.6 Å². The minimum absolute atomic E-state index is 0.431. The fourth-order valence-corrected chi connectivity index (χ4v) is 1.78. The van der Waals surface area contributed by atoms with Crippen molar-refractivity contribution in [3.63, 3.8) is 0 Å². The lowest BCUT2D eigenvalue weighted by atomic mass is 10.1. The maximum absolute atomic E-state index is 13.1. The third-order valence-corrected chi connectivity index (χ3v) is 2.77.